The van der Waals surface area contributed by atoms with Crippen LogP contribution in [0.3, 0.4) is 0 Å². The first-order chi connectivity index (χ1) is 3.77. The van der Waals surface area contributed by atoms with Crippen molar-refractivity contribution in [2.24, 2.45) is 0 Å². The molecule has 1 saturated heterocycles. The molecule has 3 nitrogen and oxygen atoms in total. The Morgan fingerprint density at radius 2 is 2.62 bits per heavy atom. The first-order valence-corrected chi connectivity index (χ1v) is 2.53. The Labute approximate surface area is 48.2 Å². The smallest absolute Gasteiger partial charge is 0.165 e. The predicted octanol–water partition coefficient (Wildman–Crippen LogP) is -0.154. The number of ether oxygens (including phenoxy) is 1. The fourth-order valence-electron chi connectivity index (χ4n) is 0.623. The van der Waals surface area contributed by atoms with Gasteiger partial charge in [-0.2, -0.15) is 5.26 Å². The van der Waals surface area contributed by atoms with E-state index < -0.39 is 5.60 Å². The Bertz CT molecular complexity index is 121. The second-order valence-corrected chi connectivity index (χ2v) is 2.06. The average Bonchev–Trinajstić information content (AvgIpc) is 2.17. The van der Waals surface area contributed by atoms with Crippen molar-refractivity contribution in [2.45, 2.75) is 12.5 Å². The second kappa shape index (κ2) is 1.73. The van der Waals surface area contributed by atoms with Gasteiger partial charge in [0.15, 0.2) is 5.60 Å². The van der Waals surface area contributed by atoms with E-state index in [0.717, 1.165) is 0 Å². The van der Waals surface area contributed by atoms with Gasteiger partial charge in [-0.3, -0.25) is 5.32 Å². The molecule has 0 spiro atoms. The minimum absolute atomic E-state index is 0.504. The SMILES string of the molecule is CC1(C#N)CNCO1. The molecule has 1 N–H and O–H groups in total. The van der Waals surface area contributed by atoms with Crippen LogP contribution in [0.4, 0.5) is 0 Å². The zero-order chi connectivity index (χ0) is 6.04. The van der Waals surface area contributed by atoms with E-state index in [2.05, 4.69) is 11.4 Å². The van der Waals surface area contributed by atoms with Gasteiger partial charge < -0.3 is 4.74 Å². The summed E-state index contributed by atoms with van der Waals surface area (Å²) in [6.45, 7) is 2.92. The molecule has 0 bridgehead atoms. The van der Waals surface area contributed by atoms with E-state index in [0.29, 0.717) is 13.3 Å². The molecule has 0 amide bonds. The molecule has 0 aliphatic carbocycles. The molecule has 0 radical (unpaired) electrons. The van der Waals surface area contributed by atoms with Gasteiger partial charge in [0, 0.05) is 6.54 Å². The molecule has 0 aromatic rings. The summed E-state index contributed by atoms with van der Waals surface area (Å²) in [6, 6.07) is 2.06. The van der Waals surface area contributed by atoms with Crippen molar-refractivity contribution >= 4 is 0 Å². The van der Waals surface area contributed by atoms with Gasteiger partial charge in [0.05, 0.1) is 12.8 Å². The van der Waals surface area contributed by atoms with Crippen LogP contribution >= 0.6 is 0 Å². The minimum atomic E-state index is -0.569. The van der Waals surface area contributed by atoms with Crippen LogP contribution in [-0.2, 0) is 4.74 Å². The molecule has 44 valence electrons. The van der Waals surface area contributed by atoms with E-state index in [1.54, 1.807) is 6.92 Å². The van der Waals surface area contributed by atoms with Crippen molar-refractivity contribution in [3.8, 4) is 6.07 Å². The van der Waals surface area contributed by atoms with Crippen LogP contribution in [0.25, 0.3) is 0 Å². The summed E-state index contributed by atoms with van der Waals surface area (Å²) in [5.74, 6) is 0. The first kappa shape index (κ1) is 5.54. The van der Waals surface area contributed by atoms with Crippen LogP contribution in [-0.4, -0.2) is 18.9 Å². The van der Waals surface area contributed by atoms with Crippen LogP contribution < -0.4 is 5.32 Å². The van der Waals surface area contributed by atoms with Crippen LogP contribution in [0.1, 0.15) is 6.92 Å². The quantitative estimate of drug-likeness (QED) is 0.474. The number of hydrogen-bond donors (Lipinski definition) is 1. The third-order valence-electron chi connectivity index (χ3n) is 1.19. The zero-order valence-corrected chi connectivity index (χ0v) is 4.77. The highest BCUT2D eigenvalue weighted by atomic mass is 16.5. The number of nitriles is 1. The van der Waals surface area contributed by atoms with Crippen molar-refractivity contribution in [3.05, 3.63) is 0 Å². The fraction of sp³-hybridized carbons (Fsp3) is 0.800. The summed E-state index contributed by atoms with van der Waals surface area (Å²) in [4.78, 5) is 0. The minimum Gasteiger partial charge on any atom is -0.344 e. The monoisotopic (exact) mass is 112 g/mol. The Morgan fingerprint density at radius 1 is 1.88 bits per heavy atom. The van der Waals surface area contributed by atoms with Gasteiger partial charge >= 0.3 is 0 Å². The third kappa shape index (κ3) is 0.808. The highest BCUT2D eigenvalue weighted by Crippen LogP contribution is 2.10. The summed E-state index contributed by atoms with van der Waals surface area (Å²) < 4.78 is 5.02. The molecular weight excluding hydrogens is 104 g/mol. The predicted molar refractivity (Wildman–Crippen MR) is 28.0 cm³/mol. The Balaban J connectivity index is 2.56. The lowest BCUT2D eigenvalue weighted by atomic mass is 10.1. The van der Waals surface area contributed by atoms with Crippen molar-refractivity contribution in [1.82, 2.24) is 5.32 Å². The molecule has 0 aromatic heterocycles. The number of nitrogens with zero attached hydrogens (tertiary/aromatic N) is 1. The van der Waals surface area contributed by atoms with E-state index >= 15 is 0 Å². The molecule has 0 aromatic carbocycles. The van der Waals surface area contributed by atoms with E-state index in [1.807, 2.05) is 0 Å². The van der Waals surface area contributed by atoms with Crippen molar-refractivity contribution in [3.63, 3.8) is 0 Å². The molecule has 1 fully saturated rings. The van der Waals surface area contributed by atoms with Gasteiger partial charge in [0.25, 0.3) is 0 Å². The molecule has 1 unspecified atom stereocenters. The largest absolute Gasteiger partial charge is 0.344 e. The molecular formula is C5H8N2O. The fourth-order valence-corrected chi connectivity index (χ4v) is 0.623. The maximum absolute atomic E-state index is 8.41. The number of nitrogens with one attached hydrogen (secondary N) is 1. The van der Waals surface area contributed by atoms with Crippen LogP contribution in [0.15, 0.2) is 0 Å². The number of rotatable bonds is 0. The van der Waals surface area contributed by atoms with Crippen molar-refractivity contribution in [2.75, 3.05) is 13.3 Å². The van der Waals surface area contributed by atoms with Crippen LogP contribution in [0.5, 0.6) is 0 Å². The topological polar surface area (TPSA) is 45.0 Å². The standard InChI is InChI=1S/C5H8N2O/c1-5(2-6)3-7-4-8-5/h7H,3-4H2,1H3. The van der Waals surface area contributed by atoms with E-state index in [1.165, 1.54) is 0 Å². The van der Waals surface area contributed by atoms with Gasteiger partial charge in [0.1, 0.15) is 0 Å². The lowest BCUT2D eigenvalue weighted by Gasteiger charge is -2.08. The maximum atomic E-state index is 8.41. The summed E-state index contributed by atoms with van der Waals surface area (Å²) in [6.07, 6.45) is 0. The second-order valence-electron chi connectivity index (χ2n) is 2.06. The lowest BCUT2D eigenvalue weighted by Crippen LogP contribution is -2.26. The third-order valence-corrected chi connectivity index (χ3v) is 1.19. The van der Waals surface area contributed by atoms with Crippen LogP contribution in [0.2, 0.25) is 0 Å². The van der Waals surface area contributed by atoms with Crippen molar-refractivity contribution in [1.29, 1.82) is 5.26 Å². The summed E-state index contributed by atoms with van der Waals surface area (Å²) in [5, 5.41) is 11.3. The zero-order valence-electron chi connectivity index (χ0n) is 4.77. The normalized spacial score (nSPS) is 37.0. The van der Waals surface area contributed by atoms with Gasteiger partial charge in [-0.05, 0) is 6.92 Å². The molecule has 1 atom stereocenters. The molecule has 8 heavy (non-hydrogen) atoms. The summed E-state index contributed by atoms with van der Waals surface area (Å²) >= 11 is 0. The number of hydrogen-bond acceptors (Lipinski definition) is 3. The average molecular weight is 112 g/mol. The summed E-state index contributed by atoms with van der Waals surface area (Å²) in [7, 11) is 0. The first-order valence-electron chi connectivity index (χ1n) is 2.53. The van der Waals surface area contributed by atoms with Crippen molar-refractivity contribution < 1.29 is 4.74 Å². The van der Waals surface area contributed by atoms with Gasteiger partial charge in [-0.25, -0.2) is 0 Å². The van der Waals surface area contributed by atoms with Gasteiger partial charge in [-0.1, -0.05) is 0 Å². The Hall–Kier alpha value is -0.590. The van der Waals surface area contributed by atoms with E-state index in [-0.39, 0.29) is 0 Å². The lowest BCUT2D eigenvalue weighted by molar-refractivity contribution is 0.0722. The molecule has 1 aliphatic heterocycles. The van der Waals surface area contributed by atoms with E-state index in [4.69, 9.17) is 10.00 Å². The van der Waals surface area contributed by atoms with Crippen LogP contribution in [0, 0.1) is 11.3 Å². The molecule has 0 saturated carbocycles. The highest BCUT2D eigenvalue weighted by molar-refractivity contribution is 5.01. The van der Waals surface area contributed by atoms with E-state index in [9.17, 15) is 0 Å². The molecule has 3 heteroatoms. The molecule has 1 heterocycles. The Morgan fingerprint density at radius 3 is 2.88 bits per heavy atom. The molecule has 1 aliphatic rings. The van der Waals surface area contributed by atoms with Gasteiger partial charge in [-0.15, -0.1) is 0 Å². The molecule has 1 rings (SSSR count). The maximum Gasteiger partial charge on any atom is 0.165 e. The Kier molecular flexibility index (Phi) is 1.20. The van der Waals surface area contributed by atoms with Gasteiger partial charge in [0.2, 0.25) is 0 Å². The summed E-state index contributed by atoms with van der Waals surface area (Å²) in [5.41, 5.74) is -0.569. The highest BCUT2D eigenvalue weighted by Gasteiger charge is 2.28.